The van der Waals surface area contributed by atoms with Crippen molar-refractivity contribution in [3.63, 3.8) is 0 Å². The second-order valence-corrected chi connectivity index (χ2v) is 8.75. The highest BCUT2D eigenvalue weighted by Crippen LogP contribution is 2.49. The summed E-state index contributed by atoms with van der Waals surface area (Å²) < 4.78 is 12.7. The summed E-state index contributed by atoms with van der Waals surface area (Å²) >= 11 is 0. The van der Waals surface area contributed by atoms with Crippen LogP contribution in [0, 0.1) is 0 Å². The number of nitrogens with zero attached hydrogens (tertiary/aromatic N) is 1. The van der Waals surface area contributed by atoms with E-state index in [1.807, 2.05) is 29.2 Å². The van der Waals surface area contributed by atoms with Gasteiger partial charge in [-0.15, -0.1) is 39.5 Å². The number of anilines is 1. The Bertz CT molecular complexity index is 957. The summed E-state index contributed by atoms with van der Waals surface area (Å²) in [4.78, 5) is 15.1. The lowest BCUT2D eigenvalue weighted by Gasteiger charge is -2.40. The second-order valence-electron chi connectivity index (χ2n) is 8.75. The Morgan fingerprint density at radius 1 is 0.971 bits per heavy atom. The molecule has 1 aliphatic rings. The molecule has 5 heteroatoms. The quantitative estimate of drug-likeness (QED) is 0.298. The molecule has 0 atom stereocenters. The lowest BCUT2D eigenvalue weighted by atomic mass is 9.82. The first-order chi connectivity index (χ1) is 16.9. The van der Waals surface area contributed by atoms with Gasteiger partial charge < -0.3 is 14.8 Å². The molecule has 35 heavy (non-hydrogen) atoms. The summed E-state index contributed by atoms with van der Waals surface area (Å²) in [6, 6.07) is 0. The van der Waals surface area contributed by atoms with Gasteiger partial charge in [-0.1, -0.05) is 36.5 Å². The number of hydrogen-bond acceptors (Lipinski definition) is 4. The number of hydrogen-bond donors (Lipinski definition) is 1. The molecule has 0 unspecified atom stereocenters. The maximum atomic E-state index is 13.2. The number of ether oxygens (including phenoxy) is 2. The summed E-state index contributed by atoms with van der Waals surface area (Å²) in [5.74, 6) is 1.31. The molecule has 0 aromatic heterocycles. The first kappa shape index (κ1) is 27.9. The van der Waals surface area contributed by atoms with E-state index in [1.165, 1.54) is 0 Å². The summed E-state index contributed by atoms with van der Waals surface area (Å²) in [5.41, 5.74) is 3.15. The van der Waals surface area contributed by atoms with E-state index in [2.05, 4.69) is 44.8 Å². The fourth-order valence-electron chi connectivity index (χ4n) is 4.77. The third kappa shape index (κ3) is 6.64. The SMILES string of the molecule is C=CCc1c(CC=C)c(OC)c(NC(=O)CN(CC=C)CC=C)c2c1OC(CC=C)(CC=C)CC2. The smallest absolute Gasteiger partial charge is 0.238 e. The Morgan fingerprint density at radius 2 is 1.57 bits per heavy atom. The summed E-state index contributed by atoms with van der Waals surface area (Å²) in [5, 5.41) is 3.14. The Kier molecular flexibility index (Phi) is 10.8. The molecule has 1 aromatic carbocycles. The molecule has 188 valence electrons. The summed E-state index contributed by atoms with van der Waals surface area (Å²) in [7, 11) is 1.63. The van der Waals surface area contributed by atoms with E-state index < -0.39 is 5.60 Å². The number of carbonyl (C=O) groups is 1. The monoisotopic (exact) mass is 476 g/mol. The second kappa shape index (κ2) is 13.5. The highest BCUT2D eigenvalue weighted by atomic mass is 16.5. The zero-order chi connectivity index (χ0) is 25.8. The van der Waals surface area contributed by atoms with Crippen LogP contribution in [0.5, 0.6) is 11.5 Å². The van der Waals surface area contributed by atoms with Gasteiger partial charge in [0.05, 0.1) is 19.3 Å². The normalized spacial score (nSPS) is 13.7. The average molecular weight is 477 g/mol. The molecule has 0 fully saturated rings. The van der Waals surface area contributed by atoms with Crippen molar-refractivity contribution < 1.29 is 14.3 Å². The van der Waals surface area contributed by atoms with E-state index in [1.54, 1.807) is 19.3 Å². The number of allylic oxidation sites excluding steroid dienone is 2. The van der Waals surface area contributed by atoms with Crippen LogP contribution in [0.25, 0.3) is 0 Å². The van der Waals surface area contributed by atoms with Crippen LogP contribution >= 0.6 is 0 Å². The Hall–Kier alpha value is -3.31. The van der Waals surface area contributed by atoms with Crippen LogP contribution in [-0.2, 0) is 24.1 Å². The van der Waals surface area contributed by atoms with Gasteiger partial charge in [-0.05, 0) is 25.7 Å². The van der Waals surface area contributed by atoms with Crippen molar-refractivity contribution >= 4 is 11.6 Å². The molecule has 0 bridgehead atoms. The molecular weight excluding hydrogens is 436 g/mol. The van der Waals surface area contributed by atoms with Crippen LogP contribution < -0.4 is 14.8 Å². The molecule has 5 nitrogen and oxygen atoms in total. The van der Waals surface area contributed by atoms with E-state index in [0.29, 0.717) is 50.2 Å². The van der Waals surface area contributed by atoms with Gasteiger partial charge in [0.1, 0.15) is 17.1 Å². The molecular formula is C30H40N2O3. The third-order valence-corrected chi connectivity index (χ3v) is 6.20. The number of fused-ring (bicyclic) bond motifs is 1. The Morgan fingerprint density at radius 3 is 2.09 bits per heavy atom. The molecule has 1 heterocycles. The van der Waals surface area contributed by atoms with E-state index in [4.69, 9.17) is 9.47 Å². The van der Waals surface area contributed by atoms with Crippen LogP contribution in [0.4, 0.5) is 5.69 Å². The lowest BCUT2D eigenvalue weighted by Crippen LogP contribution is -2.40. The van der Waals surface area contributed by atoms with Crippen LogP contribution in [0.2, 0.25) is 0 Å². The number of carbonyl (C=O) groups excluding carboxylic acids is 1. The van der Waals surface area contributed by atoms with Crippen LogP contribution in [0.3, 0.4) is 0 Å². The molecule has 0 saturated carbocycles. The minimum Gasteiger partial charge on any atom is -0.494 e. The van der Waals surface area contributed by atoms with Crippen molar-refractivity contribution in [2.45, 2.75) is 44.1 Å². The minimum absolute atomic E-state index is 0.135. The Labute approximate surface area is 211 Å². The number of nitrogens with one attached hydrogen (secondary N) is 1. The fourth-order valence-corrected chi connectivity index (χ4v) is 4.77. The first-order valence-corrected chi connectivity index (χ1v) is 12.0. The van der Waals surface area contributed by atoms with E-state index in [9.17, 15) is 4.79 Å². The zero-order valence-electron chi connectivity index (χ0n) is 21.2. The van der Waals surface area contributed by atoms with E-state index >= 15 is 0 Å². The van der Waals surface area contributed by atoms with Gasteiger partial charge in [0.2, 0.25) is 5.91 Å². The maximum Gasteiger partial charge on any atom is 0.238 e. The molecule has 2 rings (SSSR count). The van der Waals surface area contributed by atoms with E-state index in [0.717, 1.165) is 35.3 Å². The van der Waals surface area contributed by atoms with Gasteiger partial charge in [-0.3, -0.25) is 9.69 Å². The largest absolute Gasteiger partial charge is 0.494 e. The number of methoxy groups -OCH3 is 1. The Balaban J connectivity index is 2.66. The molecule has 1 aromatic rings. The van der Waals surface area contributed by atoms with Crippen molar-refractivity contribution in [2.75, 3.05) is 32.1 Å². The highest BCUT2D eigenvalue weighted by molar-refractivity contribution is 5.96. The van der Waals surface area contributed by atoms with Gasteiger partial charge >= 0.3 is 0 Å². The van der Waals surface area contributed by atoms with Crippen LogP contribution in [0.1, 0.15) is 36.0 Å². The molecule has 1 aliphatic heterocycles. The number of rotatable bonds is 16. The predicted octanol–water partition coefficient (Wildman–Crippen LogP) is 5.98. The number of benzene rings is 1. The average Bonchev–Trinajstić information content (AvgIpc) is 2.82. The van der Waals surface area contributed by atoms with Gasteiger partial charge in [0.25, 0.3) is 0 Å². The van der Waals surface area contributed by atoms with Crippen LogP contribution in [-0.4, -0.2) is 43.2 Å². The van der Waals surface area contributed by atoms with Gasteiger partial charge in [-0.2, -0.15) is 0 Å². The van der Waals surface area contributed by atoms with Gasteiger partial charge in [-0.25, -0.2) is 0 Å². The topological polar surface area (TPSA) is 50.8 Å². The third-order valence-electron chi connectivity index (χ3n) is 6.20. The molecule has 0 radical (unpaired) electrons. The van der Waals surface area contributed by atoms with Crippen molar-refractivity contribution in [1.29, 1.82) is 0 Å². The van der Waals surface area contributed by atoms with Crippen molar-refractivity contribution in [1.82, 2.24) is 4.90 Å². The minimum atomic E-state index is -0.418. The molecule has 1 amide bonds. The van der Waals surface area contributed by atoms with E-state index in [-0.39, 0.29) is 12.5 Å². The predicted molar refractivity (Wildman–Crippen MR) is 148 cm³/mol. The lowest BCUT2D eigenvalue weighted by molar-refractivity contribution is -0.117. The maximum absolute atomic E-state index is 13.2. The highest BCUT2D eigenvalue weighted by Gasteiger charge is 2.38. The standard InChI is InChI=1S/C30H40N2O3/c1-8-14-23-24(15-9-2)29(34-7)27(31-26(33)22-32(20-12-5)21-13-6)25-16-19-30(17-10-3,18-11-4)35-28(23)25/h8-13H,1-6,14-22H2,7H3,(H,31,33). The first-order valence-electron chi connectivity index (χ1n) is 12.0. The van der Waals surface area contributed by atoms with Gasteiger partial charge in [0.15, 0.2) is 0 Å². The number of amides is 1. The molecule has 1 N–H and O–H groups in total. The fraction of sp³-hybridized carbons (Fsp3) is 0.367. The van der Waals surface area contributed by atoms with Gasteiger partial charge in [0, 0.05) is 42.6 Å². The zero-order valence-corrected chi connectivity index (χ0v) is 21.2. The molecule has 0 saturated heterocycles. The molecule has 0 aliphatic carbocycles. The van der Waals surface area contributed by atoms with Crippen molar-refractivity contribution in [2.24, 2.45) is 0 Å². The molecule has 0 spiro atoms. The summed E-state index contributed by atoms with van der Waals surface area (Å²) in [6.45, 7) is 24.8. The van der Waals surface area contributed by atoms with Crippen molar-refractivity contribution in [3.8, 4) is 11.5 Å². The van der Waals surface area contributed by atoms with Crippen LogP contribution in [0.15, 0.2) is 75.9 Å². The van der Waals surface area contributed by atoms with Crippen molar-refractivity contribution in [3.05, 3.63) is 92.6 Å². The summed E-state index contributed by atoms with van der Waals surface area (Å²) in [6.07, 6.45) is 15.1.